The predicted molar refractivity (Wildman–Crippen MR) is 140 cm³/mol. The van der Waals surface area contributed by atoms with Gasteiger partial charge in [-0.25, -0.2) is 0 Å². The van der Waals surface area contributed by atoms with Crippen LogP contribution >= 0.6 is 0 Å². The largest absolute Gasteiger partial charge is 0.353 e. The van der Waals surface area contributed by atoms with Gasteiger partial charge in [-0.15, -0.1) is 0 Å². The summed E-state index contributed by atoms with van der Waals surface area (Å²) in [5, 5.41) is 3.03. The maximum Gasteiger partial charge on any atom is 0.243 e. The average Bonchev–Trinajstić information content (AvgIpc) is 3.43. The van der Waals surface area contributed by atoms with Crippen LogP contribution in [0.1, 0.15) is 42.4 Å². The van der Waals surface area contributed by atoms with Crippen LogP contribution in [0.5, 0.6) is 0 Å². The Morgan fingerprint density at radius 1 is 1.00 bits per heavy atom. The average molecular weight is 475 g/mol. The van der Waals surface area contributed by atoms with Gasteiger partial charge in [-0.2, -0.15) is 0 Å². The van der Waals surface area contributed by atoms with Crippen LogP contribution in [0.3, 0.4) is 0 Å². The lowest BCUT2D eigenvalue weighted by atomic mass is 9.74. The number of hydrogen-bond donors (Lipinski definition) is 1. The third-order valence-corrected chi connectivity index (χ3v) is 8.32. The van der Waals surface area contributed by atoms with Crippen LogP contribution in [-0.4, -0.2) is 74.5 Å². The number of fused-ring (bicyclic) bond motifs is 3. The van der Waals surface area contributed by atoms with E-state index in [1.807, 2.05) is 43.3 Å². The minimum atomic E-state index is -0.457. The molecule has 186 valence electrons. The first-order valence-electron chi connectivity index (χ1n) is 13.1. The smallest absolute Gasteiger partial charge is 0.243 e. The van der Waals surface area contributed by atoms with E-state index in [1.54, 1.807) is 10.5 Å². The molecule has 1 fully saturated rings. The van der Waals surface area contributed by atoms with E-state index in [2.05, 4.69) is 34.5 Å². The van der Waals surface area contributed by atoms with Gasteiger partial charge in [0.05, 0.1) is 0 Å². The van der Waals surface area contributed by atoms with Crippen molar-refractivity contribution in [3.05, 3.63) is 65.2 Å². The van der Waals surface area contributed by atoms with E-state index in [0.717, 1.165) is 37.4 Å². The van der Waals surface area contributed by atoms with Gasteiger partial charge in [0.15, 0.2) is 0 Å². The van der Waals surface area contributed by atoms with Gasteiger partial charge in [0.1, 0.15) is 6.04 Å². The highest BCUT2D eigenvalue weighted by molar-refractivity contribution is 6.03. The molecule has 35 heavy (non-hydrogen) atoms. The fourth-order valence-electron chi connectivity index (χ4n) is 6.29. The fourth-order valence-corrected chi connectivity index (χ4v) is 6.29. The monoisotopic (exact) mass is 474 g/mol. The number of rotatable bonds is 7. The normalized spacial score (nSPS) is 20.8. The van der Waals surface area contributed by atoms with Crippen molar-refractivity contribution in [2.45, 2.75) is 50.0 Å². The highest BCUT2D eigenvalue weighted by Crippen LogP contribution is 2.46. The van der Waals surface area contributed by atoms with Crippen molar-refractivity contribution in [1.82, 2.24) is 15.1 Å². The molecule has 2 aliphatic heterocycles. The van der Waals surface area contributed by atoms with Gasteiger partial charge in [-0.05, 0) is 81.0 Å². The van der Waals surface area contributed by atoms with Gasteiger partial charge in [0, 0.05) is 38.2 Å². The number of nitrogens with one attached hydrogen (secondary N) is 1. The number of carbonyl (C=O) groups excluding carboxylic acids is 2. The maximum absolute atomic E-state index is 13.5. The van der Waals surface area contributed by atoms with Gasteiger partial charge in [0.2, 0.25) is 11.8 Å². The molecule has 0 aromatic heterocycles. The Morgan fingerprint density at radius 3 is 2.49 bits per heavy atom. The third kappa shape index (κ3) is 4.87. The standard InChI is InChI=1S/C29H38N4O2/c1-31(2)20-16-30-28(35)26-21-23-8-4-6-10-25(23)33(26)27(34)12-17-32-18-14-29(15-19-32)13-11-22-7-3-5-9-24(22)29/h3-10,26H,11-21H2,1-2H3,(H,30,35)/t26-/m0/s1. The molecular formula is C29H38N4O2. The molecule has 2 aromatic carbocycles. The second-order valence-electron chi connectivity index (χ2n) is 10.7. The molecule has 2 aromatic rings. The highest BCUT2D eigenvalue weighted by atomic mass is 16.2. The fraction of sp³-hybridized carbons (Fsp3) is 0.517. The van der Waals surface area contributed by atoms with E-state index in [0.29, 0.717) is 24.8 Å². The van der Waals surface area contributed by atoms with Gasteiger partial charge in [-0.1, -0.05) is 42.5 Å². The lowest BCUT2D eigenvalue weighted by Gasteiger charge is -2.40. The summed E-state index contributed by atoms with van der Waals surface area (Å²) in [6.45, 7) is 4.18. The van der Waals surface area contributed by atoms with Crippen molar-refractivity contribution in [3.8, 4) is 0 Å². The first-order chi connectivity index (χ1) is 17.0. The summed E-state index contributed by atoms with van der Waals surface area (Å²) < 4.78 is 0. The Bertz CT molecular complexity index is 1070. The van der Waals surface area contributed by atoms with E-state index in [1.165, 1.54) is 31.2 Å². The van der Waals surface area contributed by atoms with Crippen LogP contribution in [0.25, 0.3) is 0 Å². The number of piperidine rings is 1. The summed E-state index contributed by atoms with van der Waals surface area (Å²) >= 11 is 0. The summed E-state index contributed by atoms with van der Waals surface area (Å²) in [6.07, 6.45) is 5.82. The number of carbonyl (C=O) groups is 2. The van der Waals surface area contributed by atoms with Gasteiger partial charge < -0.3 is 15.1 Å². The molecule has 2 amide bonds. The molecule has 6 heteroatoms. The number of likely N-dealkylation sites (tertiary alicyclic amines) is 1. The molecule has 1 spiro atoms. The molecule has 0 radical (unpaired) electrons. The van der Waals surface area contributed by atoms with Gasteiger partial charge in [-0.3, -0.25) is 14.5 Å². The topological polar surface area (TPSA) is 55.9 Å². The Hall–Kier alpha value is -2.70. The number of para-hydroxylation sites is 1. The molecule has 1 N–H and O–H groups in total. The van der Waals surface area contributed by atoms with Crippen molar-refractivity contribution >= 4 is 17.5 Å². The summed E-state index contributed by atoms with van der Waals surface area (Å²) in [5.74, 6) is -0.00887. The Labute approximate surface area is 209 Å². The summed E-state index contributed by atoms with van der Waals surface area (Å²) in [6, 6.07) is 16.4. The Morgan fingerprint density at radius 2 is 1.71 bits per heavy atom. The van der Waals surface area contributed by atoms with Crippen LogP contribution < -0.4 is 10.2 Å². The van der Waals surface area contributed by atoms with Crippen molar-refractivity contribution in [2.24, 2.45) is 0 Å². The summed E-state index contributed by atoms with van der Waals surface area (Å²) in [5.41, 5.74) is 5.39. The SMILES string of the molecule is CN(C)CCNC(=O)[C@@H]1Cc2ccccc2N1C(=O)CCN1CCC2(CCc3ccccc32)CC1. The van der Waals surface area contributed by atoms with Crippen molar-refractivity contribution in [1.29, 1.82) is 0 Å². The van der Waals surface area contributed by atoms with Gasteiger partial charge >= 0.3 is 0 Å². The number of aryl methyl sites for hydroxylation is 1. The number of benzene rings is 2. The second kappa shape index (κ2) is 10.1. The minimum Gasteiger partial charge on any atom is -0.353 e. The van der Waals surface area contributed by atoms with Crippen LogP contribution in [0, 0.1) is 0 Å². The molecule has 6 nitrogen and oxygen atoms in total. The number of likely N-dealkylation sites (N-methyl/N-ethyl adjacent to an activating group) is 1. The predicted octanol–water partition coefficient (Wildman–Crippen LogP) is 2.99. The molecule has 1 aliphatic carbocycles. The van der Waals surface area contributed by atoms with Crippen LogP contribution in [0.2, 0.25) is 0 Å². The minimum absolute atomic E-state index is 0.0502. The highest BCUT2D eigenvalue weighted by Gasteiger charge is 2.41. The first kappa shape index (κ1) is 24.0. The summed E-state index contributed by atoms with van der Waals surface area (Å²) in [7, 11) is 3.97. The molecule has 1 saturated heterocycles. The molecular weight excluding hydrogens is 436 g/mol. The number of anilines is 1. The van der Waals surface area contributed by atoms with Gasteiger partial charge in [0.25, 0.3) is 0 Å². The maximum atomic E-state index is 13.5. The molecule has 0 saturated carbocycles. The quantitative estimate of drug-likeness (QED) is 0.670. The molecule has 0 bridgehead atoms. The summed E-state index contributed by atoms with van der Waals surface area (Å²) in [4.78, 5) is 32.7. The zero-order valence-corrected chi connectivity index (χ0v) is 21.1. The molecule has 5 rings (SSSR count). The Kier molecular flexibility index (Phi) is 6.94. The van der Waals surface area contributed by atoms with Crippen molar-refractivity contribution in [3.63, 3.8) is 0 Å². The number of amides is 2. The van der Waals surface area contributed by atoms with Crippen molar-refractivity contribution in [2.75, 3.05) is 51.7 Å². The number of nitrogens with zero attached hydrogens (tertiary/aromatic N) is 3. The molecule has 0 unspecified atom stereocenters. The van der Waals surface area contributed by atoms with Crippen LogP contribution in [-0.2, 0) is 27.8 Å². The van der Waals surface area contributed by atoms with E-state index < -0.39 is 6.04 Å². The molecule has 1 atom stereocenters. The van der Waals surface area contributed by atoms with Crippen LogP contribution in [0.15, 0.2) is 48.5 Å². The van der Waals surface area contributed by atoms with E-state index in [9.17, 15) is 9.59 Å². The lowest BCUT2D eigenvalue weighted by Crippen LogP contribution is -2.50. The first-order valence-corrected chi connectivity index (χ1v) is 13.1. The van der Waals surface area contributed by atoms with E-state index >= 15 is 0 Å². The molecule has 2 heterocycles. The van der Waals surface area contributed by atoms with Crippen LogP contribution in [0.4, 0.5) is 5.69 Å². The zero-order chi connectivity index (χ0) is 24.4. The third-order valence-electron chi connectivity index (χ3n) is 8.32. The molecule has 3 aliphatic rings. The Balaban J connectivity index is 1.19. The number of hydrogen-bond acceptors (Lipinski definition) is 4. The lowest BCUT2D eigenvalue weighted by molar-refractivity contribution is -0.126. The van der Waals surface area contributed by atoms with E-state index in [-0.39, 0.29) is 11.8 Å². The second-order valence-corrected chi connectivity index (χ2v) is 10.7. The van der Waals surface area contributed by atoms with E-state index in [4.69, 9.17) is 0 Å². The van der Waals surface area contributed by atoms with Crippen molar-refractivity contribution < 1.29 is 9.59 Å². The zero-order valence-electron chi connectivity index (χ0n) is 21.1.